The van der Waals surface area contributed by atoms with Crippen molar-refractivity contribution in [2.75, 3.05) is 7.05 Å². The third kappa shape index (κ3) is 3.66. The summed E-state index contributed by atoms with van der Waals surface area (Å²) in [5.74, 6) is -0.181. The largest absolute Gasteiger partial charge is 0.472 e. The Bertz CT molecular complexity index is 424. The van der Waals surface area contributed by atoms with Crippen LogP contribution in [0, 0.1) is 11.2 Å². The molecule has 1 aliphatic carbocycles. The number of hydrogen-bond acceptors (Lipinski definition) is 3. The molecule has 2 rings (SSSR count). The van der Waals surface area contributed by atoms with Gasteiger partial charge in [0.25, 0.3) is 5.88 Å². The molecule has 1 N–H and O–H groups in total. The molecule has 1 saturated carbocycles. The smallest absolute Gasteiger partial charge is 0.250 e. The number of hydrogen-bond donors (Lipinski definition) is 1. The van der Waals surface area contributed by atoms with Crippen LogP contribution < -0.4 is 10.1 Å². The summed E-state index contributed by atoms with van der Waals surface area (Å²) in [7, 11) is 1.80. The van der Waals surface area contributed by atoms with Gasteiger partial charge in [0.2, 0.25) is 0 Å². The number of nitrogens with zero attached hydrogens (tertiary/aromatic N) is 1. The Morgan fingerprint density at radius 3 is 2.74 bits per heavy atom. The monoisotopic (exact) mass is 266 g/mol. The van der Waals surface area contributed by atoms with Crippen LogP contribution >= 0.6 is 0 Å². The zero-order valence-corrected chi connectivity index (χ0v) is 12.0. The number of pyridine rings is 1. The van der Waals surface area contributed by atoms with Gasteiger partial charge in [0.05, 0.1) is 0 Å². The molecule has 0 radical (unpaired) electrons. The van der Waals surface area contributed by atoms with Crippen LogP contribution in [0.3, 0.4) is 0 Å². The van der Waals surface area contributed by atoms with Crippen LogP contribution in [0.25, 0.3) is 0 Å². The molecule has 4 heteroatoms. The average Bonchev–Trinajstić information content (AvgIpc) is 2.37. The van der Waals surface area contributed by atoms with E-state index in [0.717, 1.165) is 25.7 Å². The van der Waals surface area contributed by atoms with Crippen molar-refractivity contribution < 1.29 is 9.13 Å². The van der Waals surface area contributed by atoms with Gasteiger partial charge in [0, 0.05) is 18.3 Å². The zero-order chi connectivity index (χ0) is 13.9. The van der Waals surface area contributed by atoms with E-state index in [1.807, 2.05) is 0 Å². The maximum Gasteiger partial charge on any atom is 0.250 e. The van der Waals surface area contributed by atoms with E-state index in [9.17, 15) is 4.39 Å². The first-order chi connectivity index (χ1) is 9.02. The molecular weight excluding hydrogens is 243 g/mol. The average molecular weight is 266 g/mol. The van der Waals surface area contributed by atoms with Crippen LogP contribution in [0.5, 0.6) is 5.88 Å². The Morgan fingerprint density at radius 1 is 1.42 bits per heavy atom. The van der Waals surface area contributed by atoms with E-state index in [1.165, 1.54) is 0 Å². The van der Waals surface area contributed by atoms with Gasteiger partial charge in [-0.15, -0.1) is 0 Å². The van der Waals surface area contributed by atoms with E-state index in [1.54, 1.807) is 19.3 Å². The highest BCUT2D eigenvalue weighted by Crippen LogP contribution is 2.36. The molecule has 1 fully saturated rings. The molecule has 3 nitrogen and oxygen atoms in total. The summed E-state index contributed by atoms with van der Waals surface area (Å²) in [4.78, 5) is 4.03. The van der Waals surface area contributed by atoms with Gasteiger partial charge in [-0.25, -0.2) is 9.37 Å². The standard InChI is InChI=1S/C15H23FN2O/c1-15(2)7-4-12(5-8-15)19-14-13(16)11(10-17-3)6-9-18-14/h6,9,12,17H,4-5,7-8,10H2,1-3H3. The number of ether oxygens (including phenoxy) is 1. The van der Waals surface area contributed by atoms with E-state index in [-0.39, 0.29) is 17.8 Å². The fraction of sp³-hybridized carbons (Fsp3) is 0.667. The first kappa shape index (κ1) is 14.3. The van der Waals surface area contributed by atoms with Gasteiger partial charge >= 0.3 is 0 Å². The van der Waals surface area contributed by atoms with Gasteiger partial charge in [0.15, 0.2) is 5.82 Å². The van der Waals surface area contributed by atoms with E-state index < -0.39 is 0 Å². The summed E-state index contributed by atoms with van der Waals surface area (Å²) >= 11 is 0. The lowest BCUT2D eigenvalue weighted by Gasteiger charge is -2.34. The topological polar surface area (TPSA) is 34.2 Å². The first-order valence-electron chi connectivity index (χ1n) is 6.96. The summed E-state index contributed by atoms with van der Waals surface area (Å²) in [6.45, 7) is 5.04. The molecular formula is C15H23FN2O. The number of rotatable bonds is 4. The molecule has 0 saturated heterocycles. The van der Waals surface area contributed by atoms with Crippen molar-refractivity contribution in [3.05, 3.63) is 23.6 Å². The fourth-order valence-electron chi connectivity index (χ4n) is 2.52. The van der Waals surface area contributed by atoms with E-state index in [2.05, 4.69) is 24.1 Å². The van der Waals surface area contributed by atoms with Crippen molar-refractivity contribution in [1.82, 2.24) is 10.3 Å². The van der Waals surface area contributed by atoms with Crippen LogP contribution in [0.2, 0.25) is 0 Å². The predicted molar refractivity (Wildman–Crippen MR) is 73.6 cm³/mol. The van der Waals surface area contributed by atoms with Crippen molar-refractivity contribution in [2.45, 2.75) is 52.2 Å². The van der Waals surface area contributed by atoms with E-state index in [4.69, 9.17) is 4.74 Å². The molecule has 1 aromatic rings. The molecule has 0 amide bonds. The molecule has 1 heterocycles. The lowest BCUT2D eigenvalue weighted by atomic mass is 9.76. The molecule has 0 aromatic carbocycles. The summed E-state index contributed by atoms with van der Waals surface area (Å²) < 4.78 is 19.9. The van der Waals surface area contributed by atoms with Crippen molar-refractivity contribution >= 4 is 0 Å². The highest BCUT2D eigenvalue weighted by molar-refractivity contribution is 5.23. The second kappa shape index (κ2) is 5.87. The second-order valence-corrected chi connectivity index (χ2v) is 6.10. The van der Waals surface area contributed by atoms with Crippen molar-refractivity contribution in [1.29, 1.82) is 0 Å². The summed E-state index contributed by atoms with van der Waals surface area (Å²) in [5.41, 5.74) is 0.989. The van der Waals surface area contributed by atoms with Gasteiger partial charge in [0.1, 0.15) is 6.10 Å². The zero-order valence-electron chi connectivity index (χ0n) is 12.0. The molecule has 1 aromatic heterocycles. The maximum absolute atomic E-state index is 14.1. The second-order valence-electron chi connectivity index (χ2n) is 6.10. The molecule has 0 spiro atoms. The third-order valence-electron chi connectivity index (χ3n) is 3.87. The number of halogens is 1. The Hall–Kier alpha value is -1.16. The Labute approximate surface area is 114 Å². The minimum Gasteiger partial charge on any atom is -0.472 e. The van der Waals surface area contributed by atoms with Crippen LogP contribution in [0.1, 0.15) is 45.1 Å². The van der Waals surface area contributed by atoms with Crippen LogP contribution in [-0.4, -0.2) is 18.1 Å². The van der Waals surface area contributed by atoms with E-state index >= 15 is 0 Å². The van der Waals surface area contributed by atoms with Crippen LogP contribution in [0.15, 0.2) is 12.3 Å². The van der Waals surface area contributed by atoms with Crippen molar-refractivity contribution in [2.24, 2.45) is 5.41 Å². The molecule has 1 aliphatic rings. The Kier molecular flexibility index (Phi) is 4.40. The molecule has 19 heavy (non-hydrogen) atoms. The first-order valence-corrected chi connectivity index (χ1v) is 6.96. The summed E-state index contributed by atoms with van der Waals surface area (Å²) in [6, 6.07) is 1.68. The lowest BCUT2D eigenvalue weighted by Crippen LogP contribution is -2.29. The number of aromatic nitrogens is 1. The van der Waals surface area contributed by atoms with Crippen LogP contribution in [-0.2, 0) is 6.54 Å². The van der Waals surface area contributed by atoms with Gasteiger partial charge in [-0.1, -0.05) is 13.8 Å². The fourth-order valence-corrected chi connectivity index (χ4v) is 2.52. The molecule has 0 aliphatic heterocycles. The maximum atomic E-state index is 14.1. The summed E-state index contributed by atoms with van der Waals surface area (Å²) in [6.07, 6.45) is 5.90. The molecule has 0 atom stereocenters. The summed E-state index contributed by atoms with van der Waals surface area (Å²) in [5, 5.41) is 2.94. The normalized spacial score (nSPS) is 19.4. The Morgan fingerprint density at radius 2 is 2.11 bits per heavy atom. The van der Waals surface area contributed by atoms with Gasteiger partial charge in [-0.3, -0.25) is 0 Å². The number of nitrogens with one attached hydrogen (secondary N) is 1. The molecule has 0 unspecified atom stereocenters. The van der Waals surface area contributed by atoms with Crippen LogP contribution in [0.4, 0.5) is 4.39 Å². The lowest BCUT2D eigenvalue weighted by molar-refractivity contribution is 0.0908. The quantitative estimate of drug-likeness (QED) is 0.908. The minimum atomic E-state index is -0.332. The van der Waals surface area contributed by atoms with Crippen molar-refractivity contribution in [3.63, 3.8) is 0 Å². The van der Waals surface area contributed by atoms with E-state index in [0.29, 0.717) is 17.5 Å². The Balaban J connectivity index is 2.02. The van der Waals surface area contributed by atoms with Gasteiger partial charge < -0.3 is 10.1 Å². The highest BCUT2D eigenvalue weighted by atomic mass is 19.1. The third-order valence-corrected chi connectivity index (χ3v) is 3.87. The molecule has 0 bridgehead atoms. The van der Waals surface area contributed by atoms with Crippen molar-refractivity contribution in [3.8, 4) is 5.88 Å². The predicted octanol–water partition coefficient (Wildman–Crippen LogP) is 3.29. The molecule has 106 valence electrons. The van der Waals surface area contributed by atoms with Gasteiger partial charge in [-0.05, 0) is 44.2 Å². The highest BCUT2D eigenvalue weighted by Gasteiger charge is 2.28. The SMILES string of the molecule is CNCc1ccnc(OC2CCC(C)(C)CC2)c1F. The minimum absolute atomic E-state index is 0.0971. The van der Waals surface area contributed by atoms with Gasteiger partial charge in [-0.2, -0.15) is 0 Å².